The molecule has 0 aromatic heterocycles. The molecule has 3 unspecified atom stereocenters. The summed E-state index contributed by atoms with van der Waals surface area (Å²) in [6.07, 6.45) is 11.4. The van der Waals surface area contributed by atoms with Crippen LogP contribution in [0.2, 0.25) is 0 Å². The zero-order chi connectivity index (χ0) is 16.2. The summed E-state index contributed by atoms with van der Waals surface area (Å²) in [5.41, 5.74) is 2.05. The lowest BCUT2D eigenvalue weighted by atomic mass is 10.2. The second-order valence-electron chi connectivity index (χ2n) is 6.17. The fourth-order valence-electron chi connectivity index (χ4n) is 3.29. The van der Waals surface area contributed by atoms with E-state index in [0.29, 0.717) is 0 Å². The van der Waals surface area contributed by atoms with Crippen LogP contribution in [0.5, 0.6) is 0 Å². The first-order chi connectivity index (χ1) is 10.8. The summed E-state index contributed by atoms with van der Waals surface area (Å²) in [5, 5.41) is 1.59. The van der Waals surface area contributed by atoms with Gasteiger partial charge in [-0.15, -0.1) is 8.58 Å². The lowest BCUT2D eigenvalue weighted by molar-refractivity contribution is 0.711. The van der Waals surface area contributed by atoms with Gasteiger partial charge < -0.3 is 0 Å². The van der Waals surface area contributed by atoms with Crippen LogP contribution in [0.15, 0.2) is 30.3 Å². The van der Waals surface area contributed by atoms with Gasteiger partial charge in [0.1, 0.15) is 0 Å². The van der Waals surface area contributed by atoms with Gasteiger partial charge in [0.25, 0.3) is 0 Å². The Morgan fingerprint density at radius 1 is 1.14 bits per heavy atom. The molecule has 0 N–H and O–H groups in total. The lowest BCUT2D eigenvalue weighted by Crippen LogP contribution is -2.14. The van der Waals surface area contributed by atoms with Crippen LogP contribution in [0.4, 0.5) is 0 Å². The highest BCUT2D eigenvalue weighted by Gasteiger charge is 2.18. The summed E-state index contributed by atoms with van der Waals surface area (Å²) in [7, 11) is 1.38. The summed E-state index contributed by atoms with van der Waals surface area (Å²) in [6.45, 7) is 9.30. The molecule has 0 radical (unpaired) electrons. The Labute approximate surface area is 142 Å². The standard InChI is InChI=1S/C14H23P.C6H13P/c1-4-10-13(5-2)15(6-3)14-11-8-7-9-12-14;1-2-6-4-3-5-7-6/h7-9,11-13H,4-6,10H2,1-3H3;6-7H,2-5H2,1H3/t;6-/m.1/s1. The molecule has 126 valence electrons. The van der Waals surface area contributed by atoms with Crippen molar-refractivity contribution in [3.8, 4) is 0 Å². The molecule has 0 amide bonds. The van der Waals surface area contributed by atoms with Crippen molar-refractivity contribution in [2.45, 2.75) is 77.5 Å². The summed E-state index contributed by atoms with van der Waals surface area (Å²) in [6, 6.07) is 11.1. The van der Waals surface area contributed by atoms with Gasteiger partial charge in [0.2, 0.25) is 0 Å². The average Bonchev–Trinajstić information content (AvgIpc) is 3.10. The fourth-order valence-corrected chi connectivity index (χ4v) is 7.67. The van der Waals surface area contributed by atoms with E-state index in [-0.39, 0.29) is 7.92 Å². The van der Waals surface area contributed by atoms with Gasteiger partial charge in [-0.05, 0) is 61.1 Å². The van der Waals surface area contributed by atoms with Gasteiger partial charge in [0.15, 0.2) is 0 Å². The van der Waals surface area contributed by atoms with Crippen LogP contribution in [0.25, 0.3) is 0 Å². The Bertz CT molecular complexity index is 357. The molecular weight excluding hydrogens is 302 g/mol. The minimum Gasteiger partial charge on any atom is -0.119 e. The first-order valence-corrected chi connectivity index (χ1v) is 12.2. The van der Waals surface area contributed by atoms with Crippen molar-refractivity contribution in [3.05, 3.63) is 30.3 Å². The molecule has 4 atom stereocenters. The quantitative estimate of drug-likeness (QED) is 0.489. The van der Waals surface area contributed by atoms with Gasteiger partial charge in [0, 0.05) is 0 Å². The predicted octanol–water partition coefficient (Wildman–Crippen LogP) is 6.63. The number of benzene rings is 1. The molecule has 1 heterocycles. The van der Waals surface area contributed by atoms with Crippen LogP contribution >= 0.6 is 16.5 Å². The first-order valence-electron chi connectivity index (χ1n) is 9.31. The molecule has 1 aliphatic heterocycles. The van der Waals surface area contributed by atoms with Crippen molar-refractivity contribution in [2.24, 2.45) is 0 Å². The maximum Gasteiger partial charge on any atom is -0.0172 e. The van der Waals surface area contributed by atoms with Crippen LogP contribution in [-0.4, -0.2) is 23.6 Å². The van der Waals surface area contributed by atoms with E-state index in [9.17, 15) is 0 Å². The predicted molar refractivity (Wildman–Crippen MR) is 109 cm³/mol. The highest BCUT2D eigenvalue weighted by Crippen LogP contribution is 2.43. The highest BCUT2D eigenvalue weighted by molar-refractivity contribution is 7.66. The van der Waals surface area contributed by atoms with Crippen molar-refractivity contribution in [3.63, 3.8) is 0 Å². The molecular formula is C20H36P2. The maximum absolute atomic E-state index is 2.34. The largest absolute Gasteiger partial charge is 0.119 e. The molecule has 1 fully saturated rings. The second kappa shape index (κ2) is 12.5. The lowest BCUT2D eigenvalue weighted by Gasteiger charge is -2.26. The van der Waals surface area contributed by atoms with Crippen molar-refractivity contribution in [2.75, 3.05) is 12.3 Å². The normalized spacial score (nSPS) is 21.2. The zero-order valence-electron chi connectivity index (χ0n) is 15.1. The maximum atomic E-state index is 2.34. The molecule has 22 heavy (non-hydrogen) atoms. The molecule has 0 nitrogen and oxygen atoms in total. The van der Waals surface area contributed by atoms with E-state index in [1.54, 1.807) is 5.30 Å². The summed E-state index contributed by atoms with van der Waals surface area (Å²) in [5.74, 6) is 0. The third-order valence-corrected chi connectivity index (χ3v) is 9.68. The first kappa shape index (κ1) is 20.1. The Morgan fingerprint density at radius 3 is 2.27 bits per heavy atom. The van der Waals surface area contributed by atoms with Crippen molar-refractivity contribution in [1.82, 2.24) is 0 Å². The molecule has 0 bridgehead atoms. The molecule has 1 aromatic rings. The van der Waals surface area contributed by atoms with Crippen molar-refractivity contribution < 1.29 is 0 Å². The van der Waals surface area contributed by atoms with Crippen molar-refractivity contribution in [1.29, 1.82) is 0 Å². The van der Waals surface area contributed by atoms with E-state index >= 15 is 0 Å². The fraction of sp³-hybridized carbons (Fsp3) is 0.700. The number of rotatable bonds is 7. The van der Waals surface area contributed by atoms with Crippen LogP contribution in [-0.2, 0) is 0 Å². The van der Waals surface area contributed by atoms with Gasteiger partial charge in [0.05, 0.1) is 0 Å². The summed E-state index contributed by atoms with van der Waals surface area (Å²) >= 11 is 0. The minimum absolute atomic E-state index is 0.0770. The summed E-state index contributed by atoms with van der Waals surface area (Å²) < 4.78 is 0. The van der Waals surface area contributed by atoms with Crippen LogP contribution < -0.4 is 5.30 Å². The third-order valence-electron chi connectivity index (χ3n) is 4.62. The Kier molecular flexibility index (Phi) is 11.4. The van der Waals surface area contributed by atoms with Crippen LogP contribution in [0.3, 0.4) is 0 Å². The van der Waals surface area contributed by atoms with Gasteiger partial charge in [-0.3, -0.25) is 0 Å². The van der Waals surface area contributed by atoms with Gasteiger partial charge in [-0.1, -0.05) is 72.4 Å². The van der Waals surface area contributed by atoms with E-state index in [0.717, 1.165) is 11.3 Å². The molecule has 2 rings (SSSR count). The third kappa shape index (κ3) is 7.10. The summed E-state index contributed by atoms with van der Waals surface area (Å²) in [4.78, 5) is 0. The number of hydrogen-bond donors (Lipinski definition) is 0. The average molecular weight is 338 g/mol. The highest BCUT2D eigenvalue weighted by atomic mass is 31.1. The van der Waals surface area contributed by atoms with E-state index in [2.05, 4.69) is 58.0 Å². The van der Waals surface area contributed by atoms with Gasteiger partial charge in [-0.25, -0.2) is 0 Å². The van der Waals surface area contributed by atoms with Crippen LogP contribution in [0, 0.1) is 0 Å². The Morgan fingerprint density at radius 2 is 1.86 bits per heavy atom. The molecule has 1 saturated heterocycles. The van der Waals surface area contributed by atoms with E-state index in [1.165, 1.54) is 59.4 Å². The molecule has 1 aromatic carbocycles. The Balaban J connectivity index is 0.000000287. The second-order valence-corrected chi connectivity index (χ2v) is 10.7. The van der Waals surface area contributed by atoms with Gasteiger partial charge >= 0.3 is 0 Å². The Hall–Kier alpha value is 0.0800. The molecule has 0 saturated carbocycles. The van der Waals surface area contributed by atoms with E-state index < -0.39 is 0 Å². The molecule has 1 aliphatic rings. The molecule has 2 heteroatoms. The SMILES string of the molecule is CCCC(CC)P(CC)c1ccccc1.CC[C@@H]1CCCP1. The van der Waals surface area contributed by atoms with Crippen LogP contribution in [0.1, 0.15) is 66.2 Å². The minimum atomic E-state index is 0.0770. The smallest absolute Gasteiger partial charge is 0.0172 e. The van der Waals surface area contributed by atoms with Crippen molar-refractivity contribution >= 4 is 21.8 Å². The molecule has 0 spiro atoms. The van der Waals surface area contributed by atoms with Gasteiger partial charge in [-0.2, -0.15) is 0 Å². The monoisotopic (exact) mass is 338 g/mol. The zero-order valence-corrected chi connectivity index (χ0v) is 17.0. The molecule has 0 aliphatic carbocycles. The number of hydrogen-bond acceptors (Lipinski definition) is 0. The van der Waals surface area contributed by atoms with E-state index in [1.807, 2.05) is 0 Å². The van der Waals surface area contributed by atoms with E-state index in [4.69, 9.17) is 0 Å². The topological polar surface area (TPSA) is 0 Å².